The van der Waals surface area contributed by atoms with Crippen molar-refractivity contribution in [3.63, 3.8) is 0 Å². The number of fused-ring (bicyclic) bond motifs is 1. The van der Waals surface area contributed by atoms with E-state index in [1.165, 1.54) is 6.33 Å². The molecule has 1 amide bonds. The Balaban J connectivity index is 1.63. The van der Waals surface area contributed by atoms with Gasteiger partial charge in [0.05, 0.1) is 24.6 Å². The second-order valence-electron chi connectivity index (χ2n) is 5.67. The van der Waals surface area contributed by atoms with Crippen molar-refractivity contribution in [2.45, 2.75) is 6.42 Å². The summed E-state index contributed by atoms with van der Waals surface area (Å²) in [5.41, 5.74) is 1.81. The highest BCUT2D eigenvalue weighted by atomic mass is 79.9. The number of nitrogens with one attached hydrogen (secondary N) is 1. The lowest BCUT2D eigenvalue weighted by molar-refractivity contribution is 0.102. The highest BCUT2D eigenvalue weighted by molar-refractivity contribution is 9.10. The smallest absolute Gasteiger partial charge is 0.255 e. The molecule has 1 N–H and O–H groups in total. The van der Waals surface area contributed by atoms with Gasteiger partial charge in [0.15, 0.2) is 11.5 Å². The molecule has 4 rings (SSSR count). The van der Waals surface area contributed by atoms with E-state index in [9.17, 15) is 4.79 Å². The first-order valence-corrected chi connectivity index (χ1v) is 8.85. The first kappa shape index (κ1) is 16.6. The molecule has 0 unspecified atom stereocenters. The molecule has 0 saturated heterocycles. The minimum Gasteiger partial charge on any atom is -0.490 e. The highest BCUT2D eigenvalue weighted by Crippen LogP contribution is 2.31. The lowest BCUT2D eigenvalue weighted by Gasteiger charge is -2.13. The van der Waals surface area contributed by atoms with Crippen LogP contribution in [0.4, 0.5) is 5.69 Å². The predicted octanol–water partition coefficient (Wildman–Crippen LogP) is 3.44. The van der Waals surface area contributed by atoms with Crippen molar-refractivity contribution in [2.24, 2.45) is 0 Å². The summed E-state index contributed by atoms with van der Waals surface area (Å²) in [6, 6.07) is 10.7. The number of hydrogen-bond donors (Lipinski definition) is 1. The largest absolute Gasteiger partial charge is 0.490 e. The van der Waals surface area contributed by atoms with Crippen LogP contribution in [0.25, 0.3) is 5.69 Å². The SMILES string of the molecule is O=C(Nc1cc(Br)ccc1-n1cncn1)c1ccc2c(c1)OCCCO2. The zero-order chi connectivity index (χ0) is 17.9. The van der Waals surface area contributed by atoms with E-state index in [2.05, 4.69) is 31.3 Å². The topological polar surface area (TPSA) is 78.3 Å². The molecule has 1 aliphatic rings. The molecule has 0 saturated carbocycles. The Hall–Kier alpha value is -2.87. The van der Waals surface area contributed by atoms with Crippen LogP contribution in [-0.2, 0) is 0 Å². The Kier molecular flexibility index (Phi) is 4.57. The highest BCUT2D eigenvalue weighted by Gasteiger charge is 2.16. The zero-order valence-corrected chi connectivity index (χ0v) is 15.3. The Labute approximate surface area is 158 Å². The summed E-state index contributed by atoms with van der Waals surface area (Å²) in [6.45, 7) is 1.18. The first-order chi connectivity index (χ1) is 12.7. The van der Waals surface area contributed by atoms with Gasteiger partial charge < -0.3 is 14.8 Å². The zero-order valence-electron chi connectivity index (χ0n) is 13.7. The lowest BCUT2D eigenvalue weighted by atomic mass is 10.1. The molecular formula is C18H15BrN4O3. The van der Waals surface area contributed by atoms with E-state index in [-0.39, 0.29) is 5.91 Å². The van der Waals surface area contributed by atoms with Gasteiger partial charge in [-0.1, -0.05) is 15.9 Å². The molecule has 7 nitrogen and oxygen atoms in total. The van der Waals surface area contributed by atoms with Gasteiger partial charge in [-0.25, -0.2) is 9.67 Å². The van der Waals surface area contributed by atoms with Gasteiger partial charge in [0.1, 0.15) is 12.7 Å². The van der Waals surface area contributed by atoms with E-state index in [0.29, 0.717) is 41.7 Å². The number of carbonyl (C=O) groups is 1. The quantitative estimate of drug-likeness (QED) is 0.709. The van der Waals surface area contributed by atoms with Gasteiger partial charge in [-0.05, 0) is 36.4 Å². The number of aromatic nitrogens is 3. The standard InChI is InChI=1S/C18H15BrN4O3/c19-13-3-4-15(23-11-20-10-21-23)14(9-13)22-18(24)12-2-5-16-17(8-12)26-7-1-6-25-16/h2-5,8-11H,1,6-7H2,(H,22,24). The number of hydrogen-bond acceptors (Lipinski definition) is 5. The second kappa shape index (κ2) is 7.17. The summed E-state index contributed by atoms with van der Waals surface area (Å²) < 4.78 is 13.7. The second-order valence-corrected chi connectivity index (χ2v) is 6.58. The van der Waals surface area contributed by atoms with Gasteiger partial charge in [0, 0.05) is 16.5 Å². The maximum absolute atomic E-state index is 12.8. The van der Waals surface area contributed by atoms with E-state index in [1.807, 2.05) is 18.2 Å². The molecule has 0 fully saturated rings. The lowest BCUT2D eigenvalue weighted by Crippen LogP contribution is -2.14. The summed E-state index contributed by atoms with van der Waals surface area (Å²) >= 11 is 3.43. The minimum absolute atomic E-state index is 0.250. The molecule has 2 heterocycles. The third-order valence-electron chi connectivity index (χ3n) is 3.88. The molecule has 0 aliphatic carbocycles. The van der Waals surface area contributed by atoms with Crippen molar-refractivity contribution in [1.82, 2.24) is 14.8 Å². The van der Waals surface area contributed by atoms with Crippen molar-refractivity contribution < 1.29 is 14.3 Å². The van der Waals surface area contributed by atoms with Crippen LogP contribution in [0, 0.1) is 0 Å². The van der Waals surface area contributed by atoms with Gasteiger partial charge in [-0.3, -0.25) is 4.79 Å². The maximum atomic E-state index is 12.8. The fraction of sp³-hybridized carbons (Fsp3) is 0.167. The van der Waals surface area contributed by atoms with Crippen molar-refractivity contribution in [2.75, 3.05) is 18.5 Å². The average molecular weight is 415 g/mol. The molecule has 8 heteroatoms. The minimum atomic E-state index is -0.250. The molecular weight excluding hydrogens is 400 g/mol. The molecule has 132 valence electrons. The number of carbonyl (C=O) groups excluding carboxylic acids is 1. The van der Waals surface area contributed by atoms with Crippen LogP contribution in [0.15, 0.2) is 53.5 Å². The van der Waals surface area contributed by atoms with Gasteiger partial charge in [0.2, 0.25) is 0 Å². The van der Waals surface area contributed by atoms with Crippen molar-refractivity contribution in [3.05, 3.63) is 59.1 Å². The number of amides is 1. The molecule has 0 bridgehead atoms. The van der Waals surface area contributed by atoms with Crippen LogP contribution in [0.5, 0.6) is 11.5 Å². The van der Waals surface area contributed by atoms with E-state index in [4.69, 9.17) is 9.47 Å². The molecule has 3 aromatic rings. The Bertz CT molecular complexity index is 944. The fourth-order valence-electron chi connectivity index (χ4n) is 2.64. The van der Waals surface area contributed by atoms with Crippen LogP contribution in [0.2, 0.25) is 0 Å². The van der Waals surface area contributed by atoms with Gasteiger partial charge >= 0.3 is 0 Å². The monoisotopic (exact) mass is 414 g/mol. The molecule has 0 atom stereocenters. The number of rotatable bonds is 3. The third kappa shape index (κ3) is 3.41. The van der Waals surface area contributed by atoms with Gasteiger partial charge in [0.25, 0.3) is 5.91 Å². The number of anilines is 1. The third-order valence-corrected chi connectivity index (χ3v) is 4.38. The van der Waals surface area contributed by atoms with E-state index in [0.717, 1.165) is 10.9 Å². The normalized spacial score (nSPS) is 13.1. The molecule has 0 radical (unpaired) electrons. The molecule has 1 aliphatic heterocycles. The Morgan fingerprint density at radius 2 is 1.96 bits per heavy atom. The summed E-state index contributed by atoms with van der Waals surface area (Å²) in [6.07, 6.45) is 3.83. The van der Waals surface area contributed by atoms with Crippen molar-refractivity contribution in [1.29, 1.82) is 0 Å². The predicted molar refractivity (Wildman–Crippen MR) is 99.1 cm³/mol. The Morgan fingerprint density at radius 3 is 2.77 bits per heavy atom. The van der Waals surface area contributed by atoms with Crippen LogP contribution in [0.3, 0.4) is 0 Å². The number of ether oxygens (including phenoxy) is 2. The van der Waals surface area contributed by atoms with Gasteiger partial charge in [-0.15, -0.1) is 0 Å². The Morgan fingerprint density at radius 1 is 1.12 bits per heavy atom. The van der Waals surface area contributed by atoms with Crippen LogP contribution >= 0.6 is 15.9 Å². The van der Waals surface area contributed by atoms with E-state index < -0.39 is 0 Å². The maximum Gasteiger partial charge on any atom is 0.255 e. The summed E-state index contributed by atoms with van der Waals surface area (Å²) in [5.74, 6) is 0.991. The van der Waals surface area contributed by atoms with E-state index in [1.54, 1.807) is 29.2 Å². The molecule has 1 aromatic heterocycles. The number of benzene rings is 2. The summed E-state index contributed by atoms with van der Waals surface area (Å²) in [4.78, 5) is 16.7. The van der Waals surface area contributed by atoms with Crippen molar-refractivity contribution >= 4 is 27.5 Å². The molecule has 0 spiro atoms. The van der Waals surface area contributed by atoms with Crippen LogP contribution < -0.4 is 14.8 Å². The summed E-state index contributed by atoms with van der Waals surface area (Å²) in [7, 11) is 0. The molecule has 26 heavy (non-hydrogen) atoms. The fourth-order valence-corrected chi connectivity index (χ4v) is 3.00. The number of nitrogens with zero attached hydrogens (tertiary/aromatic N) is 3. The first-order valence-electron chi connectivity index (χ1n) is 8.06. The van der Waals surface area contributed by atoms with Gasteiger partial charge in [-0.2, -0.15) is 5.10 Å². The van der Waals surface area contributed by atoms with Crippen molar-refractivity contribution in [3.8, 4) is 17.2 Å². The average Bonchev–Trinajstić information content (AvgIpc) is 3.06. The van der Waals surface area contributed by atoms with Crippen LogP contribution in [0.1, 0.15) is 16.8 Å². The molecule has 2 aromatic carbocycles. The summed E-state index contributed by atoms with van der Waals surface area (Å²) in [5, 5.41) is 7.05. The van der Waals surface area contributed by atoms with Crippen LogP contribution in [-0.4, -0.2) is 33.9 Å². The number of halogens is 1. The van der Waals surface area contributed by atoms with E-state index >= 15 is 0 Å².